The monoisotopic (exact) mass is 789 g/mol. The molecule has 9 heteroatoms. The third-order valence-electron chi connectivity index (χ3n) is 10.5. The van der Waals surface area contributed by atoms with Gasteiger partial charge in [0.15, 0.2) is 6.29 Å². The van der Waals surface area contributed by atoms with Gasteiger partial charge >= 0.3 is 12.0 Å². The van der Waals surface area contributed by atoms with Crippen LogP contribution in [0.25, 0.3) is 11.1 Å². The van der Waals surface area contributed by atoms with Crippen LogP contribution in [0.1, 0.15) is 57.8 Å². The van der Waals surface area contributed by atoms with Crippen molar-refractivity contribution in [1.82, 2.24) is 15.5 Å². The van der Waals surface area contributed by atoms with Crippen LogP contribution in [0.4, 0.5) is 4.79 Å². The minimum atomic E-state index is -0.816. The van der Waals surface area contributed by atoms with E-state index in [0.717, 1.165) is 52.0 Å². The van der Waals surface area contributed by atoms with E-state index in [9.17, 15) is 14.7 Å². The Morgan fingerprint density at radius 3 is 1.88 bits per heavy atom. The Labute approximate surface area is 346 Å². The number of hydrogen-bond donors (Lipinski definition) is 3. The first-order valence-corrected chi connectivity index (χ1v) is 20.1. The summed E-state index contributed by atoms with van der Waals surface area (Å²) in [4.78, 5) is 27.8. The minimum Gasteiger partial charge on any atom is -0.467 e. The lowest BCUT2D eigenvalue weighted by molar-refractivity contribution is -0.253. The van der Waals surface area contributed by atoms with Gasteiger partial charge < -0.3 is 30.0 Å². The molecule has 0 aromatic heterocycles. The summed E-state index contributed by atoms with van der Waals surface area (Å²) >= 11 is 0. The van der Waals surface area contributed by atoms with E-state index in [4.69, 9.17) is 14.2 Å². The van der Waals surface area contributed by atoms with Crippen molar-refractivity contribution >= 4 is 12.0 Å². The zero-order chi connectivity index (χ0) is 40.8. The van der Waals surface area contributed by atoms with Gasteiger partial charge in [-0.25, -0.2) is 9.59 Å². The molecule has 0 spiro atoms. The molecule has 3 N–H and O–H groups in total. The van der Waals surface area contributed by atoms with E-state index in [1.54, 1.807) is 0 Å². The topological polar surface area (TPSA) is 109 Å². The molecule has 1 fully saturated rings. The summed E-state index contributed by atoms with van der Waals surface area (Å²) in [5.41, 5.74) is 9.14. The molecule has 1 aliphatic rings. The fourth-order valence-corrected chi connectivity index (χ4v) is 7.46. The number of amides is 2. The molecule has 0 radical (unpaired) electrons. The molecule has 302 valence electrons. The van der Waals surface area contributed by atoms with Crippen molar-refractivity contribution < 1.29 is 28.9 Å². The quantitative estimate of drug-likeness (QED) is 0.0843. The van der Waals surface area contributed by atoms with E-state index < -0.39 is 24.3 Å². The smallest absolute Gasteiger partial charge is 0.328 e. The molecule has 4 atom stereocenters. The van der Waals surface area contributed by atoms with Gasteiger partial charge in [0.25, 0.3) is 0 Å². The molecule has 7 rings (SSSR count). The molecule has 2 amide bonds. The number of methoxy groups -OCH3 is 1. The lowest BCUT2D eigenvalue weighted by atomic mass is 9.98. The number of carbonyl (C=O) groups is 2. The van der Waals surface area contributed by atoms with Crippen LogP contribution in [0, 0.1) is 0 Å². The first-order chi connectivity index (χ1) is 28.9. The van der Waals surface area contributed by atoms with E-state index in [1.807, 2.05) is 91.0 Å². The zero-order valence-electron chi connectivity index (χ0n) is 33.3. The molecule has 6 aromatic carbocycles. The maximum Gasteiger partial charge on any atom is 0.328 e. The minimum absolute atomic E-state index is 0.0120. The van der Waals surface area contributed by atoms with Gasteiger partial charge in [-0.15, -0.1) is 0 Å². The number of hydrogen-bond acceptors (Lipinski definition) is 7. The highest BCUT2D eigenvalue weighted by atomic mass is 16.7. The zero-order valence-corrected chi connectivity index (χ0v) is 33.3. The molecular weight excluding hydrogens is 739 g/mol. The van der Waals surface area contributed by atoms with E-state index in [0.29, 0.717) is 19.4 Å². The van der Waals surface area contributed by atoms with Crippen molar-refractivity contribution in [2.45, 2.75) is 63.6 Å². The maximum absolute atomic E-state index is 12.9. The SMILES string of the molecule is COC(=O)[C@H](Cc1ccccc1)NC(=O)NCc1cccc(-c2ccc([C@@H]3O[C@H](CN(Cc4ccccc4)Cc4ccccc4)C[C@H](c4ccc(CO)cc4)O3)cc2)c1. The summed E-state index contributed by atoms with van der Waals surface area (Å²) in [6.07, 6.45) is 0.0894. The molecule has 0 unspecified atom stereocenters. The Morgan fingerprint density at radius 2 is 1.27 bits per heavy atom. The predicted octanol–water partition coefficient (Wildman–Crippen LogP) is 8.68. The molecule has 1 aliphatic heterocycles. The first kappa shape index (κ1) is 41.1. The number of nitrogens with one attached hydrogen (secondary N) is 2. The fourth-order valence-electron chi connectivity index (χ4n) is 7.46. The highest BCUT2D eigenvalue weighted by Crippen LogP contribution is 2.39. The highest BCUT2D eigenvalue weighted by molar-refractivity contribution is 5.83. The number of aliphatic hydroxyl groups is 1. The van der Waals surface area contributed by atoms with Crippen LogP contribution in [0.2, 0.25) is 0 Å². The van der Waals surface area contributed by atoms with Gasteiger partial charge in [-0.2, -0.15) is 0 Å². The van der Waals surface area contributed by atoms with E-state index in [1.165, 1.54) is 18.2 Å². The number of urea groups is 1. The van der Waals surface area contributed by atoms with Crippen LogP contribution in [-0.4, -0.2) is 47.8 Å². The van der Waals surface area contributed by atoms with Crippen LogP contribution in [0.5, 0.6) is 0 Å². The number of nitrogens with zero attached hydrogens (tertiary/aromatic N) is 1. The molecule has 1 saturated heterocycles. The van der Waals surface area contributed by atoms with Crippen LogP contribution in [0.3, 0.4) is 0 Å². The van der Waals surface area contributed by atoms with Crippen molar-refractivity contribution in [2.75, 3.05) is 13.7 Å². The molecule has 1 heterocycles. The number of ether oxygens (including phenoxy) is 3. The summed E-state index contributed by atoms with van der Waals surface area (Å²) in [6.45, 7) is 2.54. The fraction of sp³-hybridized carbons (Fsp3) is 0.240. The summed E-state index contributed by atoms with van der Waals surface area (Å²) in [6, 6.07) is 53.5. The van der Waals surface area contributed by atoms with Crippen molar-refractivity contribution in [3.63, 3.8) is 0 Å². The second-order valence-corrected chi connectivity index (χ2v) is 14.9. The molecule has 0 aliphatic carbocycles. The number of carbonyl (C=O) groups excluding carboxylic acids is 2. The van der Waals surface area contributed by atoms with E-state index in [-0.39, 0.29) is 25.4 Å². The summed E-state index contributed by atoms with van der Waals surface area (Å²) < 4.78 is 18.4. The summed E-state index contributed by atoms with van der Waals surface area (Å²) in [5, 5.41) is 15.3. The van der Waals surface area contributed by atoms with Gasteiger partial charge in [0.1, 0.15) is 6.04 Å². The van der Waals surface area contributed by atoms with Crippen LogP contribution >= 0.6 is 0 Å². The van der Waals surface area contributed by atoms with Crippen molar-refractivity contribution in [2.24, 2.45) is 0 Å². The van der Waals surface area contributed by atoms with Crippen molar-refractivity contribution in [3.8, 4) is 11.1 Å². The molecule has 0 saturated carbocycles. The predicted molar refractivity (Wildman–Crippen MR) is 229 cm³/mol. The summed E-state index contributed by atoms with van der Waals surface area (Å²) in [5.74, 6) is -0.505. The van der Waals surface area contributed by atoms with E-state index in [2.05, 4.69) is 88.3 Å². The Kier molecular flexibility index (Phi) is 14.3. The second-order valence-electron chi connectivity index (χ2n) is 14.9. The Morgan fingerprint density at radius 1 is 0.678 bits per heavy atom. The largest absolute Gasteiger partial charge is 0.467 e. The van der Waals surface area contributed by atoms with Gasteiger partial charge in [0.05, 0.1) is 25.9 Å². The number of aliphatic hydroxyl groups excluding tert-OH is 1. The second kappa shape index (κ2) is 20.5. The normalized spacial score (nSPS) is 16.9. The van der Waals surface area contributed by atoms with E-state index >= 15 is 0 Å². The molecular formula is C50H51N3O6. The Bertz CT molecular complexity index is 2180. The first-order valence-electron chi connectivity index (χ1n) is 20.1. The van der Waals surface area contributed by atoms with Gasteiger partial charge in [0, 0.05) is 44.6 Å². The standard InChI is InChI=1S/C50H51N3O6/c1-57-48(55)46(29-36-12-5-2-6-13-36)52-50(56)51-31-40-18-11-19-44(28-40)41-24-26-43(27-25-41)49-58-45(30-47(59-49)42-22-20-39(35-54)21-23-42)34-53(32-37-14-7-3-8-15-37)33-38-16-9-4-10-17-38/h2-28,45-47,49,54H,29-35H2,1H3,(H2,51,52,56)/t45-,46-,47+,49+/m0/s1. The maximum atomic E-state index is 12.9. The number of benzene rings is 6. The van der Waals surface area contributed by atoms with Gasteiger partial charge in [0.2, 0.25) is 0 Å². The lowest BCUT2D eigenvalue weighted by Gasteiger charge is -2.38. The van der Waals surface area contributed by atoms with Crippen LogP contribution in [-0.2, 0) is 51.7 Å². The summed E-state index contributed by atoms with van der Waals surface area (Å²) in [7, 11) is 1.31. The van der Waals surface area contributed by atoms with Crippen LogP contribution in [0.15, 0.2) is 164 Å². The van der Waals surface area contributed by atoms with Gasteiger partial charge in [-0.05, 0) is 50.6 Å². The van der Waals surface area contributed by atoms with Crippen molar-refractivity contribution in [3.05, 3.63) is 203 Å². The van der Waals surface area contributed by atoms with Gasteiger partial charge in [-0.1, -0.05) is 158 Å². The molecule has 0 bridgehead atoms. The number of esters is 1. The Balaban J connectivity index is 1.04. The average molecular weight is 790 g/mol. The third-order valence-corrected chi connectivity index (χ3v) is 10.5. The van der Waals surface area contributed by atoms with Crippen molar-refractivity contribution in [1.29, 1.82) is 0 Å². The number of rotatable bonds is 16. The van der Waals surface area contributed by atoms with Gasteiger partial charge in [-0.3, -0.25) is 4.90 Å². The third kappa shape index (κ3) is 11.7. The molecule has 6 aromatic rings. The highest BCUT2D eigenvalue weighted by Gasteiger charge is 2.33. The molecule has 59 heavy (non-hydrogen) atoms. The molecule has 9 nitrogen and oxygen atoms in total. The lowest BCUT2D eigenvalue weighted by Crippen LogP contribution is -2.47. The van der Waals surface area contributed by atoms with Crippen LogP contribution < -0.4 is 10.6 Å². The Hall–Kier alpha value is -6.10. The average Bonchev–Trinajstić information content (AvgIpc) is 3.29.